The Morgan fingerprint density at radius 2 is 1.79 bits per heavy atom. The third-order valence-electron chi connectivity index (χ3n) is 4.31. The molecule has 2 aromatic rings. The Morgan fingerprint density at radius 3 is 2.58 bits per heavy atom. The van der Waals surface area contributed by atoms with E-state index in [1.807, 2.05) is 0 Å². The Hall–Kier alpha value is -1.60. The van der Waals surface area contributed by atoms with E-state index in [-0.39, 0.29) is 6.04 Å². The Bertz CT molecular complexity index is 556. The predicted molar refractivity (Wildman–Crippen MR) is 80.2 cm³/mol. The van der Waals surface area contributed by atoms with Crippen molar-refractivity contribution in [2.45, 2.75) is 38.1 Å². The van der Waals surface area contributed by atoms with Gasteiger partial charge in [-0.15, -0.1) is 0 Å². The lowest BCUT2D eigenvalue weighted by Crippen LogP contribution is -2.23. The Kier molecular flexibility index (Phi) is 3.39. The summed E-state index contributed by atoms with van der Waals surface area (Å²) in [4.78, 5) is 0. The van der Waals surface area contributed by atoms with Crippen LogP contribution in [0.5, 0.6) is 0 Å². The van der Waals surface area contributed by atoms with Gasteiger partial charge in [0.05, 0.1) is 0 Å². The quantitative estimate of drug-likeness (QED) is 0.854. The van der Waals surface area contributed by atoms with Crippen molar-refractivity contribution in [3.63, 3.8) is 0 Å². The zero-order valence-electron chi connectivity index (χ0n) is 11.5. The van der Waals surface area contributed by atoms with E-state index < -0.39 is 0 Å². The van der Waals surface area contributed by atoms with Crippen LogP contribution >= 0.6 is 0 Å². The van der Waals surface area contributed by atoms with E-state index >= 15 is 0 Å². The Balaban J connectivity index is 1.92. The largest absolute Gasteiger partial charge is 0.323 e. The molecule has 1 aliphatic rings. The maximum absolute atomic E-state index is 6.53. The van der Waals surface area contributed by atoms with Crippen molar-refractivity contribution in [1.29, 1.82) is 0 Å². The third kappa shape index (κ3) is 2.43. The van der Waals surface area contributed by atoms with Crippen molar-refractivity contribution in [3.8, 4) is 0 Å². The molecule has 19 heavy (non-hydrogen) atoms. The zero-order valence-corrected chi connectivity index (χ0v) is 11.5. The van der Waals surface area contributed by atoms with E-state index in [1.165, 1.54) is 41.5 Å². The molecule has 1 heteroatoms. The first-order chi connectivity index (χ1) is 9.25. The molecular weight excluding hydrogens is 230 g/mol. The summed E-state index contributed by atoms with van der Waals surface area (Å²) in [5, 5.41) is 0. The average molecular weight is 251 g/mol. The van der Waals surface area contributed by atoms with Gasteiger partial charge in [0.1, 0.15) is 0 Å². The number of fused-ring (bicyclic) bond motifs is 1. The highest BCUT2D eigenvalue weighted by Crippen LogP contribution is 2.38. The van der Waals surface area contributed by atoms with Crippen LogP contribution in [0.15, 0.2) is 48.5 Å². The fourth-order valence-corrected chi connectivity index (χ4v) is 3.19. The summed E-state index contributed by atoms with van der Waals surface area (Å²) >= 11 is 0. The van der Waals surface area contributed by atoms with Gasteiger partial charge in [0.15, 0.2) is 0 Å². The highest BCUT2D eigenvalue weighted by molar-refractivity contribution is 5.36. The summed E-state index contributed by atoms with van der Waals surface area (Å²) in [6.45, 7) is 2.12. The van der Waals surface area contributed by atoms with Crippen molar-refractivity contribution < 1.29 is 0 Å². The summed E-state index contributed by atoms with van der Waals surface area (Å²) in [5.41, 5.74) is 12.0. The lowest BCUT2D eigenvalue weighted by molar-refractivity contribution is 0.474. The molecule has 2 N–H and O–H groups in total. The van der Waals surface area contributed by atoms with Crippen LogP contribution in [0.4, 0.5) is 0 Å². The van der Waals surface area contributed by atoms with Crippen LogP contribution in [0.2, 0.25) is 0 Å². The molecule has 0 radical (unpaired) electrons. The van der Waals surface area contributed by atoms with Crippen molar-refractivity contribution in [1.82, 2.24) is 0 Å². The van der Waals surface area contributed by atoms with Gasteiger partial charge in [-0.2, -0.15) is 0 Å². The molecule has 0 spiro atoms. The smallest absolute Gasteiger partial charge is 0.0364 e. The Morgan fingerprint density at radius 1 is 1.05 bits per heavy atom. The third-order valence-corrected chi connectivity index (χ3v) is 4.31. The lowest BCUT2D eigenvalue weighted by Gasteiger charge is -2.30. The molecule has 0 amide bonds. The van der Waals surface area contributed by atoms with Crippen LogP contribution in [0.1, 0.15) is 47.1 Å². The van der Waals surface area contributed by atoms with E-state index in [1.54, 1.807) is 0 Å². The second-order valence-electron chi connectivity index (χ2n) is 5.63. The molecule has 1 aliphatic carbocycles. The van der Waals surface area contributed by atoms with Crippen molar-refractivity contribution >= 4 is 0 Å². The summed E-state index contributed by atoms with van der Waals surface area (Å²) < 4.78 is 0. The Labute approximate surface area is 115 Å². The zero-order chi connectivity index (χ0) is 13.2. The molecule has 0 bridgehead atoms. The monoisotopic (exact) mass is 251 g/mol. The second kappa shape index (κ2) is 5.18. The first-order valence-electron chi connectivity index (χ1n) is 7.15. The van der Waals surface area contributed by atoms with Crippen molar-refractivity contribution in [2.24, 2.45) is 5.73 Å². The maximum atomic E-state index is 6.53. The van der Waals surface area contributed by atoms with Gasteiger partial charge in [-0.25, -0.2) is 0 Å². The number of benzene rings is 2. The minimum atomic E-state index is 0.113. The van der Waals surface area contributed by atoms with Crippen LogP contribution in [-0.2, 0) is 6.42 Å². The van der Waals surface area contributed by atoms with Gasteiger partial charge in [0.2, 0.25) is 0 Å². The van der Waals surface area contributed by atoms with Gasteiger partial charge in [0.25, 0.3) is 0 Å². The molecule has 0 fully saturated rings. The molecule has 0 aliphatic heterocycles. The minimum absolute atomic E-state index is 0.113. The molecule has 3 rings (SSSR count). The second-order valence-corrected chi connectivity index (χ2v) is 5.63. The predicted octanol–water partition coefficient (Wildman–Crippen LogP) is 4.11. The van der Waals surface area contributed by atoms with Gasteiger partial charge in [0, 0.05) is 12.0 Å². The molecular formula is C18H21N. The van der Waals surface area contributed by atoms with Crippen LogP contribution in [0.3, 0.4) is 0 Å². The van der Waals surface area contributed by atoms with E-state index in [0.29, 0.717) is 5.92 Å². The van der Waals surface area contributed by atoms with E-state index in [4.69, 9.17) is 5.73 Å². The number of aryl methyl sites for hydroxylation is 2. The van der Waals surface area contributed by atoms with Gasteiger partial charge < -0.3 is 5.73 Å². The fraction of sp³-hybridized carbons (Fsp3) is 0.333. The van der Waals surface area contributed by atoms with Crippen LogP contribution in [0.25, 0.3) is 0 Å². The summed E-state index contributed by atoms with van der Waals surface area (Å²) in [5.74, 6) is 0.465. The van der Waals surface area contributed by atoms with Crippen molar-refractivity contribution in [3.05, 3.63) is 70.8 Å². The normalized spacial score (nSPS) is 19.8. The maximum Gasteiger partial charge on any atom is 0.0364 e. The number of rotatable bonds is 2. The van der Waals surface area contributed by atoms with Crippen molar-refractivity contribution in [2.75, 3.05) is 0 Å². The molecule has 0 heterocycles. The minimum Gasteiger partial charge on any atom is -0.323 e. The van der Waals surface area contributed by atoms with Gasteiger partial charge >= 0.3 is 0 Å². The van der Waals surface area contributed by atoms with Gasteiger partial charge in [-0.3, -0.25) is 0 Å². The van der Waals surface area contributed by atoms with Crippen LogP contribution in [0, 0.1) is 6.92 Å². The fourth-order valence-electron chi connectivity index (χ4n) is 3.19. The molecule has 1 nitrogen and oxygen atoms in total. The summed E-state index contributed by atoms with van der Waals surface area (Å²) in [6, 6.07) is 17.6. The molecule has 2 aromatic carbocycles. The topological polar surface area (TPSA) is 26.0 Å². The van der Waals surface area contributed by atoms with E-state index in [9.17, 15) is 0 Å². The van der Waals surface area contributed by atoms with E-state index in [2.05, 4.69) is 55.5 Å². The molecule has 0 saturated carbocycles. The first kappa shape index (κ1) is 12.4. The van der Waals surface area contributed by atoms with Gasteiger partial charge in [-0.1, -0.05) is 54.1 Å². The lowest BCUT2D eigenvalue weighted by atomic mass is 9.77. The standard InChI is InChI=1S/C18H21N/c1-13-9-11-15(12-10-13)18(19)17-8-4-6-14-5-2-3-7-16(14)17/h2-3,5,7,9-12,17-18H,4,6,8,19H2,1H3. The molecule has 98 valence electrons. The number of hydrogen-bond donors (Lipinski definition) is 1. The van der Waals surface area contributed by atoms with Crippen LogP contribution < -0.4 is 5.73 Å². The molecule has 2 atom stereocenters. The first-order valence-corrected chi connectivity index (χ1v) is 7.15. The van der Waals surface area contributed by atoms with E-state index in [0.717, 1.165) is 0 Å². The molecule has 0 aromatic heterocycles. The highest BCUT2D eigenvalue weighted by atomic mass is 14.7. The summed E-state index contributed by atoms with van der Waals surface area (Å²) in [6.07, 6.45) is 3.65. The van der Waals surface area contributed by atoms with Crippen LogP contribution in [-0.4, -0.2) is 0 Å². The SMILES string of the molecule is Cc1ccc(C(N)C2CCCc3ccccc32)cc1. The summed E-state index contributed by atoms with van der Waals surface area (Å²) in [7, 11) is 0. The van der Waals surface area contributed by atoms with Gasteiger partial charge in [-0.05, 0) is 42.9 Å². The molecule has 0 saturated heterocycles. The number of hydrogen-bond acceptors (Lipinski definition) is 1. The average Bonchev–Trinajstić information content (AvgIpc) is 2.47. The highest BCUT2D eigenvalue weighted by Gasteiger charge is 2.26. The number of nitrogens with two attached hydrogens (primary N) is 1. The molecule has 2 unspecified atom stereocenters.